The minimum absolute atomic E-state index is 0.0159. The molecule has 0 atom stereocenters. The van der Waals surface area contributed by atoms with Gasteiger partial charge >= 0.3 is 0 Å². The van der Waals surface area contributed by atoms with Crippen LogP contribution in [0.15, 0.2) is 42.9 Å². The molecule has 3 heterocycles. The van der Waals surface area contributed by atoms with Crippen LogP contribution in [0.2, 0.25) is 0 Å². The normalized spacial score (nSPS) is 14.5. The number of anilines is 1. The molecule has 0 spiro atoms. The maximum absolute atomic E-state index is 12.8. The predicted molar refractivity (Wildman–Crippen MR) is 113 cm³/mol. The first-order chi connectivity index (χ1) is 14.1. The number of nitrogens with zero attached hydrogens (tertiary/aromatic N) is 4. The molecular weight excluding hydrogens is 366 g/mol. The van der Waals surface area contributed by atoms with Crippen LogP contribution < -0.4 is 10.2 Å². The number of carbonyl (C=O) groups is 2. The molecular formula is C22H29N5O2. The Morgan fingerprint density at radius 2 is 1.90 bits per heavy atom. The molecule has 1 aliphatic rings. The van der Waals surface area contributed by atoms with Crippen molar-refractivity contribution in [1.29, 1.82) is 0 Å². The van der Waals surface area contributed by atoms with E-state index >= 15 is 0 Å². The third kappa shape index (κ3) is 5.31. The second-order valence-electron chi connectivity index (χ2n) is 7.22. The number of hydrogen-bond acceptors (Lipinski definition) is 5. The largest absolute Gasteiger partial charge is 0.357 e. The van der Waals surface area contributed by atoms with Crippen LogP contribution in [-0.2, 0) is 11.3 Å². The Hall–Kier alpha value is -2.96. The number of hydrogen-bond donors (Lipinski definition) is 1. The van der Waals surface area contributed by atoms with Gasteiger partial charge in [-0.3, -0.25) is 14.6 Å². The molecule has 1 fully saturated rings. The van der Waals surface area contributed by atoms with E-state index in [4.69, 9.17) is 0 Å². The van der Waals surface area contributed by atoms with Gasteiger partial charge in [0.1, 0.15) is 5.82 Å². The molecule has 154 valence electrons. The van der Waals surface area contributed by atoms with Gasteiger partial charge in [-0.2, -0.15) is 0 Å². The van der Waals surface area contributed by atoms with Crippen LogP contribution in [0.4, 0.5) is 5.82 Å². The molecule has 0 aliphatic carbocycles. The van der Waals surface area contributed by atoms with E-state index in [1.165, 1.54) is 0 Å². The zero-order chi connectivity index (χ0) is 20.6. The maximum atomic E-state index is 12.8. The molecule has 0 radical (unpaired) electrons. The first-order valence-corrected chi connectivity index (χ1v) is 10.3. The van der Waals surface area contributed by atoms with Gasteiger partial charge < -0.3 is 15.1 Å². The average Bonchev–Trinajstić information content (AvgIpc) is 2.79. The number of aromatic nitrogens is 2. The van der Waals surface area contributed by atoms with Crippen LogP contribution in [-0.4, -0.2) is 52.9 Å². The predicted octanol–water partition coefficient (Wildman–Crippen LogP) is 2.49. The molecule has 0 unspecified atom stereocenters. The number of carbonyl (C=O) groups excluding carboxylic acids is 2. The molecule has 1 N–H and O–H groups in total. The summed E-state index contributed by atoms with van der Waals surface area (Å²) in [4.78, 5) is 37.7. The van der Waals surface area contributed by atoms with Gasteiger partial charge in [-0.05, 0) is 50.5 Å². The Labute approximate surface area is 172 Å². The fourth-order valence-electron chi connectivity index (χ4n) is 3.61. The zero-order valence-electron chi connectivity index (χ0n) is 17.2. The fraction of sp³-hybridized carbons (Fsp3) is 0.455. The van der Waals surface area contributed by atoms with Crippen LogP contribution in [0, 0.1) is 5.92 Å². The van der Waals surface area contributed by atoms with Gasteiger partial charge in [-0.15, -0.1) is 0 Å². The lowest BCUT2D eigenvalue weighted by Gasteiger charge is -2.31. The summed E-state index contributed by atoms with van der Waals surface area (Å²) in [6.07, 6.45) is 6.47. The molecule has 1 aliphatic heterocycles. The van der Waals surface area contributed by atoms with E-state index in [1.54, 1.807) is 18.6 Å². The van der Waals surface area contributed by atoms with Gasteiger partial charge in [-0.25, -0.2) is 4.98 Å². The average molecular weight is 396 g/mol. The molecule has 2 aromatic heterocycles. The number of nitrogens with one attached hydrogen (secondary N) is 1. The molecule has 7 heteroatoms. The lowest BCUT2D eigenvalue weighted by Crippen LogP contribution is -2.43. The van der Waals surface area contributed by atoms with Crippen molar-refractivity contribution in [3.8, 4) is 0 Å². The molecule has 0 aromatic carbocycles. The summed E-state index contributed by atoms with van der Waals surface area (Å²) < 4.78 is 0. The fourth-order valence-corrected chi connectivity index (χ4v) is 3.61. The SMILES string of the molecule is CCN(CC)c1ccc(C(=O)N2CCC(C(=O)NCc3cccnc3)CC2)cn1. The summed E-state index contributed by atoms with van der Waals surface area (Å²) in [5.41, 5.74) is 1.58. The molecule has 3 rings (SSSR count). The van der Waals surface area contributed by atoms with E-state index in [1.807, 2.05) is 29.2 Å². The monoisotopic (exact) mass is 395 g/mol. The van der Waals surface area contributed by atoms with Gasteiger partial charge in [-0.1, -0.05) is 6.07 Å². The molecule has 29 heavy (non-hydrogen) atoms. The molecule has 0 bridgehead atoms. The molecule has 2 amide bonds. The van der Waals surface area contributed by atoms with Gasteiger partial charge in [0.25, 0.3) is 5.91 Å². The molecule has 2 aromatic rings. The highest BCUT2D eigenvalue weighted by molar-refractivity contribution is 5.94. The van der Waals surface area contributed by atoms with Crippen molar-refractivity contribution in [2.45, 2.75) is 33.2 Å². The Balaban J connectivity index is 1.49. The van der Waals surface area contributed by atoms with E-state index in [2.05, 4.69) is 34.0 Å². The van der Waals surface area contributed by atoms with Crippen molar-refractivity contribution in [1.82, 2.24) is 20.2 Å². The second kappa shape index (κ2) is 10.0. The Kier molecular flexibility index (Phi) is 7.16. The van der Waals surface area contributed by atoms with Gasteiger partial charge in [0.15, 0.2) is 0 Å². The van der Waals surface area contributed by atoms with Gasteiger partial charge in [0, 0.05) is 57.2 Å². The topological polar surface area (TPSA) is 78.4 Å². The van der Waals surface area contributed by atoms with Crippen LogP contribution in [0.3, 0.4) is 0 Å². The highest BCUT2D eigenvalue weighted by Crippen LogP contribution is 2.20. The summed E-state index contributed by atoms with van der Waals surface area (Å²) in [6.45, 7) is 7.59. The number of pyridine rings is 2. The molecule has 7 nitrogen and oxygen atoms in total. The van der Waals surface area contributed by atoms with Gasteiger partial charge in [0.2, 0.25) is 5.91 Å². The van der Waals surface area contributed by atoms with E-state index < -0.39 is 0 Å². The summed E-state index contributed by atoms with van der Waals surface area (Å²) in [5, 5.41) is 2.98. The number of rotatable bonds is 7. The van der Waals surface area contributed by atoms with E-state index in [0.29, 0.717) is 38.0 Å². The number of likely N-dealkylation sites (tertiary alicyclic amines) is 1. The van der Waals surface area contributed by atoms with Crippen molar-refractivity contribution in [2.75, 3.05) is 31.1 Å². The second-order valence-corrected chi connectivity index (χ2v) is 7.22. The molecule has 1 saturated heterocycles. The first kappa shape index (κ1) is 20.8. The Morgan fingerprint density at radius 1 is 1.14 bits per heavy atom. The first-order valence-electron chi connectivity index (χ1n) is 10.3. The third-order valence-corrected chi connectivity index (χ3v) is 5.42. The van der Waals surface area contributed by atoms with Crippen LogP contribution in [0.5, 0.6) is 0 Å². The third-order valence-electron chi connectivity index (χ3n) is 5.42. The molecule has 0 saturated carbocycles. The lowest BCUT2D eigenvalue weighted by atomic mass is 9.95. The van der Waals surface area contributed by atoms with Crippen molar-refractivity contribution in [3.63, 3.8) is 0 Å². The van der Waals surface area contributed by atoms with Crippen molar-refractivity contribution in [2.24, 2.45) is 5.92 Å². The van der Waals surface area contributed by atoms with Crippen molar-refractivity contribution < 1.29 is 9.59 Å². The standard InChI is InChI=1S/C22H29N5O2/c1-3-26(4-2)20-8-7-19(16-24-20)22(29)27-12-9-18(10-13-27)21(28)25-15-17-6-5-11-23-14-17/h5-8,11,14,16,18H,3-4,9-10,12-13,15H2,1-2H3,(H,25,28). The van der Waals surface area contributed by atoms with Crippen LogP contribution in [0.1, 0.15) is 42.6 Å². The van der Waals surface area contributed by atoms with Crippen molar-refractivity contribution >= 4 is 17.6 Å². The highest BCUT2D eigenvalue weighted by atomic mass is 16.2. The lowest BCUT2D eigenvalue weighted by molar-refractivity contribution is -0.126. The summed E-state index contributed by atoms with van der Waals surface area (Å²) in [7, 11) is 0. The van der Waals surface area contributed by atoms with Crippen molar-refractivity contribution in [3.05, 3.63) is 54.0 Å². The maximum Gasteiger partial charge on any atom is 0.255 e. The summed E-state index contributed by atoms with van der Waals surface area (Å²) in [6, 6.07) is 7.54. The highest BCUT2D eigenvalue weighted by Gasteiger charge is 2.27. The Morgan fingerprint density at radius 3 is 2.48 bits per heavy atom. The summed E-state index contributed by atoms with van der Waals surface area (Å²) >= 11 is 0. The smallest absolute Gasteiger partial charge is 0.255 e. The summed E-state index contributed by atoms with van der Waals surface area (Å²) in [5.74, 6) is 0.860. The van der Waals surface area contributed by atoms with Gasteiger partial charge in [0.05, 0.1) is 5.56 Å². The van der Waals surface area contributed by atoms with Crippen LogP contribution in [0.25, 0.3) is 0 Å². The van der Waals surface area contributed by atoms with E-state index in [0.717, 1.165) is 24.5 Å². The Bertz CT molecular complexity index is 798. The zero-order valence-corrected chi connectivity index (χ0v) is 17.2. The van der Waals surface area contributed by atoms with Crippen LogP contribution >= 0.6 is 0 Å². The van der Waals surface area contributed by atoms with E-state index in [-0.39, 0.29) is 17.7 Å². The number of amides is 2. The van der Waals surface area contributed by atoms with E-state index in [9.17, 15) is 9.59 Å². The minimum atomic E-state index is -0.0566. The quantitative estimate of drug-likeness (QED) is 0.779. The number of piperidine rings is 1. The minimum Gasteiger partial charge on any atom is -0.357 e.